The van der Waals surface area contributed by atoms with Crippen LogP contribution in [0.1, 0.15) is 29.9 Å². The molecule has 3 atom stereocenters. The van der Waals surface area contributed by atoms with Crippen LogP contribution in [0, 0.1) is 0 Å². The first kappa shape index (κ1) is 32.3. The zero-order chi connectivity index (χ0) is 30.6. The molecular weight excluding hydrogens is 560 g/mol. The van der Waals surface area contributed by atoms with Crippen LogP contribution in [-0.2, 0) is 30.3 Å². The maximum absolute atomic E-state index is 12.0. The maximum Gasteiger partial charge on any atom is 0.407 e. The van der Waals surface area contributed by atoms with Gasteiger partial charge < -0.3 is 48.4 Å². The number of hydrogen-bond acceptors (Lipinski definition) is 9. The molecule has 12 heteroatoms. The molecule has 4 rings (SSSR count). The predicted molar refractivity (Wildman–Crippen MR) is 157 cm³/mol. The molecule has 0 radical (unpaired) electrons. The molecule has 2 heterocycles. The van der Waals surface area contributed by atoms with Crippen LogP contribution in [0.5, 0.6) is 11.5 Å². The van der Waals surface area contributed by atoms with E-state index in [-0.39, 0.29) is 19.7 Å². The molecule has 43 heavy (non-hydrogen) atoms. The van der Waals surface area contributed by atoms with Crippen LogP contribution in [0.15, 0.2) is 42.5 Å². The van der Waals surface area contributed by atoms with E-state index in [1.54, 1.807) is 14.2 Å². The number of methoxy groups -OCH3 is 2. The molecule has 0 spiro atoms. The van der Waals surface area contributed by atoms with E-state index < -0.39 is 36.8 Å². The molecule has 1 amide bonds. The number of anilines is 1. The minimum atomic E-state index is -1.13. The van der Waals surface area contributed by atoms with Gasteiger partial charge in [0.15, 0.2) is 0 Å². The molecule has 2 aromatic rings. The normalized spacial score (nSPS) is 19.9. The summed E-state index contributed by atoms with van der Waals surface area (Å²) >= 11 is 0. The van der Waals surface area contributed by atoms with E-state index in [1.807, 2.05) is 42.5 Å². The first-order valence-electron chi connectivity index (χ1n) is 14.5. The zero-order valence-electron chi connectivity index (χ0n) is 24.8. The zero-order valence-corrected chi connectivity index (χ0v) is 24.8. The predicted octanol–water partition coefficient (Wildman–Crippen LogP) is 3.47. The number of carbonyl (C=O) groups is 2. The van der Waals surface area contributed by atoms with Gasteiger partial charge >= 0.3 is 12.1 Å². The summed E-state index contributed by atoms with van der Waals surface area (Å²) < 4.78 is 34.2. The lowest BCUT2D eigenvalue weighted by Gasteiger charge is -2.42. The third-order valence-electron chi connectivity index (χ3n) is 7.54. The Hall–Kier alpha value is -3.58. The van der Waals surface area contributed by atoms with Gasteiger partial charge in [-0.05, 0) is 41.8 Å². The van der Waals surface area contributed by atoms with Gasteiger partial charge in [0.05, 0.1) is 50.7 Å². The molecule has 0 saturated carbocycles. The van der Waals surface area contributed by atoms with Crippen molar-refractivity contribution in [1.82, 2.24) is 4.90 Å². The molecule has 2 aliphatic heterocycles. The Morgan fingerprint density at radius 2 is 1.65 bits per heavy atom. The smallest absolute Gasteiger partial charge is 0.407 e. The summed E-state index contributed by atoms with van der Waals surface area (Å²) in [6.45, 7) is 3.81. The molecule has 0 bridgehead atoms. The van der Waals surface area contributed by atoms with Crippen LogP contribution in [0.4, 0.5) is 10.5 Å². The van der Waals surface area contributed by atoms with Gasteiger partial charge in [0.2, 0.25) is 0 Å². The standard InChI is InChI=1S/C31H42N2O10/c1-38-13-3-11-32-12-16-41-26-10-5-22(17-25(26)32)20-42-27-18-33(31(36)37)19-28(43-21-29(34)35)30(27)23-6-8-24(9-7-23)40-15-4-14-39-2/h5-10,17,27-28,30H,3-4,11-16,18-21H2,1-2H3,(H,34,35)(H,36,37)/t27-,28+,30+/m0/s1. The van der Waals surface area contributed by atoms with Crippen molar-refractivity contribution >= 4 is 17.7 Å². The van der Waals surface area contributed by atoms with Crippen molar-refractivity contribution < 1.29 is 48.2 Å². The van der Waals surface area contributed by atoms with Crippen molar-refractivity contribution in [3.8, 4) is 11.5 Å². The number of piperidine rings is 1. The fourth-order valence-electron chi connectivity index (χ4n) is 5.48. The second-order valence-electron chi connectivity index (χ2n) is 10.6. The molecule has 12 nitrogen and oxygen atoms in total. The highest BCUT2D eigenvalue weighted by atomic mass is 16.5. The minimum absolute atomic E-state index is 0.0228. The second kappa shape index (κ2) is 16.3. The van der Waals surface area contributed by atoms with E-state index in [9.17, 15) is 19.8 Å². The van der Waals surface area contributed by atoms with Crippen molar-refractivity contribution in [2.24, 2.45) is 0 Å². The molecule has 2 aromatic carbocycles. The van der Waals surface area contributed by atoms with Gasteiger partial charge in [-0.15, -0.1) is 0 Å². The first-order chi connectivity index (χ1) is 20.9. The Bertz CT molecular complexity index is 1180. The number of likely N-dealkylation sites (tertiary alicyclic amines) is 1. The third-order valence-corrected chi connectivity index (χ3v) is 7.54. The van der Waals surface area contributed by atoms with Crippen LogP contribution >= 0.6 is 0 Å². The van der Waals surface area contributed by atoms with Crippen LogP contribution in [0.3, 0.4) is 0 Å². The van der Waals surface area contributed by atoms with E-state index in [4.69, 9.17) is 28.4 Å². The quantitative estimate of drug-likeness (QED) is 0.273. The fourth-order valence-corrected chi connectivity index (χ4v) is 5.48. The summed E-state index contributed by atoms with van der Waals surface area (Å²) in [5.74, 6) is -0.0416. The number of ether oxygens (including phenoxy) is 6. The van der Waals surface area contributed by atoms with Gasteiger partial charge in [0.1, 0.15) is 24.7 Å². The van der Waals surface area contributed by atoms with Crippen molar-refractivity contribution in [2.45, 2.75) is 37.6 Å². The van der Waals surface area contributed by atoms with E-state index in [2.05, 4.69) is 4.90 Å². The van der Waals surface area contributed by atoms with Gasteiger partial charge in [-0.1, -0.05) is 18.2 Å². The van der Waals surface area contributed by atoms with E-state index >= 15 is 0 Å². The lowest BCUT2D eigenvalue weighted by atomic mass is 9.84. The van der Waals surface area contributed by atoms with Gasteiger partial charge in [-0.25, -0.2) is 9.59 Å². The number of fused-ring (bicyclic) bond motifs is 1. The molecule has 2 aliphatic rings. The van der Waals surface area contributed by atoms with Crippen molar-refractivity contribution in [1.29, 1.82) is 0 Å². The number of amides is 1. The Morgan fingerprint density at radius 3 is 2.35 bits per heavy atom. The summed E-state index contributed by atoms with van der Waals surface area (Å²) in [7, 11) is 3.33. The van der Waals surface area contributed by atoms with E-state index in [0.29, 0.717) is 32.2 Å². The van der Waals surface area contributed by atoms with E-state index in [0.717, 1.165) is 48.5 Å². The highest BCUT2D eigenvalue weighted by Crippen LogP contribution is 2.36. The number of carboxylic acids is 1. The number of carboxylic acid groups (broad SMARTS) is 2. The lowest BCUT2D eigenvalue weighted by molar-refractivity contribution is -0.149. The first-order valence-corrected chi connectivity index (χ1v) is 14.5. The third kappa shape index (κ3) is 9.20. The summed E-state index contributed by atoms with van der Waals surface area (Å²) in [5, 5.41) is 19.1. The van der Waals surface area contributed by atoms with Crippen LogP contribution in [0.2, 0.25) is 0 Å². The summed E-state index contributed by atoms with van der Waals surface area (Å²) in [6.07, 6.45) is -0.796. The Morgan fingerprint density at radius 1 is 0.930 bits per heavy atom. The molecule has 236 valence electrons. The van der Waals surface area contributed by atoms with Crippen molar-refractivity contribution in [2.75, 3.05) is 78.3 Å². The highest BCUT2D eigenvalue weighted by Gasteiger charge is 2.41. The van der Waals surface area contributed by atoms with Gasteiger partial charge in [0.25, 0.3) is 0 Å². The monoisotopic (exact) mass is 602 g/mol. The maximum atomic E-state index is 12.0. The second-order valence-corrected chi connectivity index (χ2v) is 10.6. The molecule has 2 N–H and O–H groups in total. The molecule has 0 unspecified atom stereocenters. The van der Waals surface area contributed by atoms with Gasteiger partial charge in [-0.3, -0.25) is 0 Å². The van der Waals surface area contributed by atoms with Crippen LogP contribution < -0.4 is 14.4 Å². The number of hydrogen-bond donors (Lipinski definition) is 2. The summed E-state index contributed by atoms with van der Waals surface area (Å²) in [4.78, 5) is 26.9. The largest absolute Gasteiger partial charge is 0.494 e. The van der Waals surface area contributed by atoms with Crippen molar-refractivity contribution in [3.05, 3.63) is 53.6 Å². The molecule has 0 aromatic heterocycles. The van der Waals surface area contributed by atoms with Gasteiger partial charge in [0, 0.05) is 46.3 Å². The average molecular weight is 603 g/mol. The average Bonchev–Trinajstić information content (AvgIpc) is 3.01. The molecule has 1 saturated heterocycles. The number of benzene rings is 2. The van der Waals surface area contributed by atoms with Crippen LogP contribution in [-0.4, -0.2) is 113 Å². The number of nitrogens with zero attached hydrogens (tertiary/aromatic N) is 2. The minimum Gasteiger partial charge on any atom is -0.494 e. The molecule has 0 aliphatic carbocycles. The Labute approximate surface area is 252 Å². The SMILES string of the molecule is COCCCOc1ccc([C@@H]2[C@@H](OCc3ccc4c(c3)N(CCCOC)CCO4)CN(C(=O)O)C[C@H]2OCC(=O)O)cc1. The highest BCUT2D eigenvalue weighted by molar-refractivity contribution is 5.68. The Kier molecular flexibility index (Phi) is 12.3. The fraction of sp³-hybridized carbons (Fsp3) is 0.548. The number of rotatable bonds is 16. The number of aliphatic carboxylic acids is 1. The van der Waals surface area contributed by atoms with E-state index in [1.165, 1.54) is 4.90 Å². The summed E-state index contributed by atoms with van der Waals surface area (Å²) in [5.41, 5.74) is 2.74. The lowest BCUT2D eigenvalue weighted by Crippen LogP contribution is -2.54. The summed E-state index contributed by atoms with van der Waals surface area (Å²) in [6, 6.07) is 13.4. The van der Waals surface area contributed by atoms with Gasteiger partial charge in [-0.2, -0.15) is 0 Å². The molecular formula is C31H42N2O10. The Balaban J connectivity index is 1.54. The molecule has 1 fully saturated rings. The van der Waals surface area contributed by atoms with Crippen molar-refractivity contribution in [3.63, 3.8) is 0 Å². The van der Waals surface area contributed by atoms with Crippen LogP contribution in [0.25, 0.3) is 0 Å². The topological polar surface area (TPSA) is 136 Å².